The standard InChI is InChI=1S/C28H27N3O9/c1-31(2)15-8-12(10-3-4-16-17(7-10)40-9-39-16)22(32)19-13(15)5-11-6-14-21(29)24(34)20(27(30)37)26(36)28(14,38)25(35)18(11)23(19)33/h3-4,7-8,11,14,21,32-33,36,38H,5-6,9,29H2,1-2H3,(H2,30,37)/t11-,14-,21-,28-/m0/s1. The zero-order valence-electron chi connectivity index (χ0n) is 21.6. The highest BCUT2D eigenvalue weighted by atomic mass is 16.7. The van der Waals surface area contributed by atoms with Gasteiger partial charge in [0.05, 0.1) is 11.6 Å². The van der Waals surface area contributed by atoms with E-state index in [1.807, 2.05) is 0 Å². The van der Waals surface area contributed by atoms with E-state index in [0.717, 1.165) is 0 Å². The second-order valence-corrected chi connectivity index (χ2v) is 10.7. The number of phenolic OH excluding ortho intramolecular Hbond substituents is 1. The van der Waals surface area contributed by atoms with E-state index in [1.54, 1.807) is 43.3 Å². The molecule has 0 saturated heterocycles. The fraction of sp³-hybridized carbons (Fsp3) is 0.321. The minimum absolute atomic E-state index is 0.00436. The lowest BCUT2D eigenvalue weighted by atomic mass is 9.57. The highest BCUT2D eigenvalue weighted by molar-refractivity contribution is 6.24. The van der Waals surface area contributed by atoms with Crippen LogP contribution < -0.4 is 25.8 Å². The Kier molecular flexibility index (Phi) is 5.45. The van der Waals surface area contributed by atoms with E-state index in [0.29, 0.717) is 33.9 Å². The predicted octanol–water partition coefficient (Wildman–Crippen LogP) is 0.823. The van der Waals surface area contributed by atoms with Crippen molar-refractivity contribution in [3.8, 4) is 28.4 Å². The number of benzene rings is 2. The molecule has 2 aromatic rings. The zero-order chi connectivity index (χ0) is 28.8. The molecular weight excluding hydrogens is 522 g/mol. The van der Waals surface area contributed by atoms with E-state index in [-0.39, 0.29) is 36.5 Å². The lowest BCUT2D eigenvalue weighted by Crippen LogP contribution is -2.65. The van der Waals surface area contributed by atoms with Crippen molar-refractivity contribution in [3.63, 3.8) is 0 Å². The van der Waals surface area contributed by atoms with E-state index in [1.165, 1.54) is 0 Å². The van der Waals surface area contributed by atoms with Crippen molar-refractivity contribution in [2.24, 2.45) is 23.3 Å². The number of fused-ring (bicyclic) bond motifs is 4. The molecule has 1 fully saturated rings. The maximum absolute atomic E-state index is 13.9. The molecule has 1 aliphatic heterocycles. The van der Waals surface area contributed by atoms with E-state index in [4.69, 9.17) is 20.9 Å². The summed E-state index contributed by atoms with van der Waals surface area (Å²) in [6.45, 7) is 0.0617. The Labute approximate surface area is 227 Å². The molecule has 12 heteroatoms. The van der Waals surface area contributed by atoms with Crippen molar-refractivity contribution in [1.29, 1.82) is 0 Å². The second kappa shape index (κ2) is 8.47. The van der Waals surface area contributed by atoms with Gasteiger partial charge in [0, 0.05) is 36.8 Å². The van der Waals surface area contributed by atoms with Crippen LogP contribution >= 0.6 is 0 Å². The van der Waals surface area contributed by atoms with Gasteiger partial charge in [-0.3, -0.25) is 14.4 Å². The number of hydrogen-bond donors (Lipinski definition) is 6. The minimum atomic E-state index is -2.76. The molecule has 8 N–H and O–H groups in total. The lowest BCUT2D eigenvalue weighted by Gasteiger charge is -2.48. The summed E-state index contributed by atoms with van der Waals surface area (Å²) in [7, 11) is 3.59. The number of carbonyl (C=O) groups is 3. The van der Waals surface area contributed by atoms with Crippen molar-refractivity contribution in [1.82, 2.24) is 0 Å². The highest BCUT2D eigenvalue weighted by Gasteiger charge is 2.63. The van der Waals surface area contributed by atoms with Crippen LogP contribution in [0.2, 0.25) is 0 Å². The van der Waals surface area contributed by atoms with Crippen molar-refractivity contribution < 1.29 is 44.3 Å². The molecule has 12 nitrogen and oxygen atoms in total. The van der Waals surface area contributed by atoms with Crippen LogP contribution in [-0.2, 0) is 20.8 Å². The summed E-state index contributed by atoms with van der Waals surface area (Å²) in [5.74, 6) is -6.45. The molecule has 3 aliphatic carbocycles. The quantitative estimate of drug-likeness (QED) is 0.296. The van der Waals surface area contributed by atoms with Gasteiger partial charge in [-0.2, -0.15) is 0 Å². The first-order valence-electron chi connectivity index (χ1n) is 12.6. The van der Waals surface area contributed by atoms with E-state index >= 15 is 0 Å². The van der Waals surface area contributed by atoms with Gasteiger partial charge in [0.25, 0.3) is 5.91 Å². The maximum Gasteiger partial charge on any atom is 0.255 e. The number of ketones is 2. The van der Waals surface area contributed by atoms with Crippen LogP contribution in [0.1, 0.15) is 17.5 Å². The van der Waals surface area contributed by atoms with Gasteiger partial charge < -0.3 is 46.3 Å². The number of carbonyl (C=O) groups excluding carboxylic acids is 3. The third kappa shape index (κ3) is 3.23. The largest absolute Gasteiger partial charge is 0.508 e. The van der Waals surface area contributed by atoms with Crippen LogP contribution in [0.5, 0.6) is 17.2 Å². The molecule has 2 aromatic carbocycles. The van der Waals surface area contributed by atoms with Gasteiger partial charge in [-0.25, -0.2) is 0 Å². The Morgan fingerprint density at radius 3 is 2.48 bits per heavy atom. The van der Waals surface area contributed by atoms with E-state index in [9.17, 15) is 34.8 Å². The lowest BCUT2D eigenvalue weighted by molar-refractivity contribution is -0.149. The number of rotatable bonds is 3. The second-order valence-electron chi connectivity index (χ2n) is 10.7. The SMILES string of the molecule is CN(C)c1cc(-c2ccc3c(c2)OCO3)c(O)c2c1C[C@H]1C[C@H]3[C@H](N)C(=O)C(C(N)=O)=C(O)[C@@]3(O)C(=O)C1=C2O. The Bertz CT molecular complexity index is 1610. The first-order valence-corrected chi connectivity index (χ1v) is 12.6. The van der Waals surface area contributed by atoms with Crippen molar-refractivity contribution in [3.05, 3.63) is 52.3 Å². The summed E-state index contributed by atoms with van der Waals surface area (Å²) >= 11 is 0. The monoisotopic (exact) mass is 549 g/mol. The number of nitrogens with zero attached hydrogens (tertiary/aromatic N) is 1. The van der Waals surface area contributed by atoms with Gasteiger partial charge in [-0.1, -0.05) is 6.07 Å². The maximum atomic E-state index is 13.9. The Morgan fingerprint density at radius 1 is 1.10 bits per heavy atom. The predicted molar refractivity (Wildman–Crippen MR) is 141 cm³/mol. The molecule has 4 aliphatic rings. The van der Waals surface area contributed by atoms with Crippen LogP contribution in [0.15, 0.2) is 41.2 Å². The molecule has 0 unspecified atom stereocenters. The van der Waals surface area contributed by atoms with Crippen LogP contribution in [0, 0.1) is 11.8 Å². The average molecular weight is 550 g/mol. The number of ether oxygens (including phenoxy) is 2. The molecule has 1 heterocycles. The average Bonchev–Trinajstić information content (AvgIpc) is 3.37. The number of primary amides is 1. The van der Waals surface area contributed by atoms with E-state index in [2.05, 4.69) is 0 Å². The topological polar surface area (TPSA) is 206 Å². The summed E-state index contributed by atoms with van der Waals surface area (Å²) in [6.07, 6.45) is 0.0885. The number of Topliss-reactive ketones (excluding diaryl/α,β-unsaturated/α-hetero) is 2. The molecule has 208 valence electrons. The van der Waals surface area contributed by atoms with Gasteiger partial charge in [-0.15, -0.1) is 0 Å². The number of hydrogen-bond acceptors (Lipinski definition) is 11. The molecule has 4 atom stereocenters. The molecule has 0 spiro atoms. The zero-order valence-corrected chi connectivity index (χ0v) is 21.6. The fourth-order valence-electron chi connectivity index (χ4n) is 6.45. The number of phenols is 1. The summed E-state index contributed by atoms with van der Waals surface area (Å²) in [5.41, 5.74) is 9.49. The van der Waals surface area contributed by atoms with Gasteiger partial charge in [0.1, 0.15) is 22.8 Å². The number of aromatic hydroxyl groups is 1. The third-order valence-corrected chi connectivity index (χ3v) is 8.39. The van der Waals surface area contributed by atoms with Crippen molar-refractivity contribution >= 4 is 28.9 Å². The van der Waals surface area contributed by atoms with Gasteiger partial charge >= 0.3 is 0 Å². The Hall–Kier alpha value is -4.55. The van der Waals surface area contributed by atoms with E-state index < -0.39 is 58.0 Å². The molecule has 0 aromatic heterocycles. The molecule has 1 amide bonds. The van der Waals surface area contributed by atoms with Gasteiger partial charge in [0.2, 0.25) is 12.6 Å². The van der Waals surface area contributed by atoms with Gasteiger partial charge in [0.15, 0.2) is 22.9 Å². The van der Waals surface area contributed by atoms with Crippen LogP contribution in [0.4, 0.5) is 5.69 Å². The number of nitrogens with two attached hydrogens (primary N) is 2. The van der Waals surface area contributed by atoms with Crippen LogP contribution in [0.3, 0.4) is 0 Å². The Balaban J connectivity index is 1.57. The first kappa shape index (κ1) is 25.7. The summed E-state index contributed by atoms with van der Waals surface area (Å²) in [6, 6.07) is 5.37. The third-order valence-electron chi connectivity index (χ3n) is 8.39. The molecular formula is C28H27N3O9. The van der Waals surface area contributed by atoms with Crippen LogP contribution in [0.25, 0.3) is 16.9 Å². The molecule has 0 bridgehead atoms. The smallest absolute Gasteiger partial charge is 0.255 e. The summed E-state index contributed by atoms with van der Waals surface area (Å²) in [5, 5.41) is 45.4. The van der Waals surface area contributed by atoms with Gasteiger partial charge in [-0.05, 0) is 48.1 Å². The molecule has 0 radical (unpaired) electrons. The number of aliphatic hydroxyl groups excluding tert-OH is 2. The summed E-state index contributed by atoms with van der Waals surface area (Å²) < 4.78 is 10.8. The number of aliphatic hydroxyl groups is 3. The molecule has 6 rings (SSSR count). The first-order chi connectivity index (χ1) is 18.9. The fourth-order valence-corrected chi connectivity index (χ4v) is 6.45. The Morgan fingerprint density at radius 2 is 1.80 bits per heavy atom. The van der Waals surface area contributed by atoms with Crippen LogP contribution in [-0.4, -0.2) is 70.4 Å². The minimum Gasteiger partial charge on any atom is -0.508 e. The highest BCUT2D eigenvalue weighted by Crippen LogP contribution is 2.54. The van der Waals surface area contributed by atoms with Crippen molar-refractivity contribution in [2.75, 3.05) is 25.8 Å². The molecule has 1 saturated carbocycles. The summed E-state index contributed by atoms with van der Waals surface area (Å²) in [4.78, 5) is 40.4. The number of anilines is 1. The number of amides is 1. The van der Waals surface area contributed by atoms with Crippen molar-refractivity contribution in [2.45, 2.75) is 24.5 Å². The molecule has 40 heavy (non-hydrogen) atoms. The normalized spacial score (nSPS) is 26.9.